The molecule has 1 aromatic carbocycles. The van der Waals surface area contributed by atoms with Gasteiger partial charge in [-0.25, -0.2) is 0 Å². The molecule has 0 aromatic heterocycles. The fourth-order valence-electron chi connectivity index (χ4n) is 2.73. The summed E-state index contributed by atoms with van der Waals surface area (Å²) in [5.41, 5.74) is 1.93. The molecule has 2 aliphatic heterocycles. The third-order valence-electron chi connectivity index (χ3n) is 3.83. The zero-order valence-electron chi connectivity index (χ0n) is 10.7. The number of Topliss-reactive ketones (excluding diaryl/α,β-unsaturated/α-hetero) is 1. The summed E-state index contributed by atoms with van der Waals surface area (Å²) in [6.45, 7) is 0.436. The molecule has 1 amide bonds. The zero-order valence-corrected chi connectivity index (χ0v) is 10.7. The zero-order chi connectivity index (χ0) is 14.3. The van der Waals surface area contributed by atoms with Crippen molar-refractivity contribution < 1.29 is 19.5 Å². The molecular formula is C14H14N2O4. The molecule has 2 atom stereocenters. The van der Waals surface area contributed by atoms with Crippen molar-refractivity contribution in [2.75, 3.05) is 0 Å². The largest absolute Gasteiger partial charge is 0.480 e. The van der Waals surface area contributed by atoms with Gasteiger partial charge in [0.05, 0.1) is 6.04 Å². The van der Waals surface area contributed by atoms with Crippen LogP contribution in [0.3, 0.4) is 0 Å². The molecule has 2 heterocycles. The smallest absolute Gasteiger partial charge is 0.320 e. The molecule has 0 bridgehead atoms. The summed E-state index contributed by atoms with van der Waals surface area (Å²) < 4.78 is 0. The fraction of sp³-hybridized carbons (Fsp3) is 0.357. The Kier molecular flexibility index (Phi) is 3.02. The van der Waals surface area contributed by atoms with Gasteiger partial charge in [-0.3, -0.25) is 19.7 Å². The number of carbonyl (C=O) groups is 3. The maximum Gasteiger partial charge on any atom is 0.320 e. The van der Waals surface area contributed by atoms with Crippen molar-refractivity contribution in [3.8, 4) is 0 Å². The van der Waals surface area contributed by atoms with E-state index >= 15 is 0 Å². The van der Waals surface area contributed by atoms with E-state index in [1.165, 1.54) is 0 Å². The van der Waals surface area contributed by atoms with Gasteiger partial charge in [0, 0.05) is 17.7 Å². The molecule has 0 saturated carbocycles. The average molecular weight is 274 g/mol. The van der Waals surface area contributed by atoms with Gasteiger partial charge in [0.15, 0.2) is 5.78 Å². The van der Waals surface area contributed by atoms with Gasteiger partial charge < -0.3 is 10.4 Å². The van der Waals surface area contributed by atoms with Gasteiger partial charge in [-0.15, -0.1) is 0 Å². The highest BCUT2D eigenvalue weighted by atomic mass is 16.4. The van der Waals surface area contributed by atoms with Gasteiger partial charge in [-0.05, 0) is 30.5 Å². The summed E-state index contributed by atoms with van der Waals surface area (Å²) in [6.07, 6.45) is 0.973. The topological polar surface area (TPSA) is 95.5 Å². The molecule has 6 heteroatoms. The van der Waals surface area contributed by atoms with Crippen molar-refractivity contribution in [2.45, 2.75) is 31.5 Å². The van der Waals surface area contributed by atoms with Crippen LogP contribution in [0.15, 0.2) is 18.2 Å². The molecule has 6 nitrogen and oxygen atoms in total. The lowest BCUT2D eigenvalue weighted by molar-refractivity contribution is -0.139. The highest BCUT2D eigenvalue weighted by Crippen LogP contribution is 2.21. The molecule has 104 valence electrons. The molecule has 2 aliphatic rings. The standard InChI is InChI=1S/C14H14N2O4/c17-12(10-3-4-11(16-10)14(19)20)7-1-2-9-8(5-7)6-15-13(9)18/h1-2,5,10-11,16H,3-4,6H2,(H,15,18)(H,19,20). The monoisotopic (exact) mass is 274 g/mol. The Morgan fingerprint density at radius 2 is 1.95 bits per heavy atom. The normalized spacial score (nSPS) is 24.3. The first-order valence-electron chi connectivity index (χ1n) is 6.50. The molecule has 1 aromatic rings. The average Bonchev–Trinajstić information content (AvgIpc) is 3.05. The van der Waals surface area contributed by atoms with Gasteiger partial charge in [-0.2, -0.15) is 0 Å². The lowest BCUT2D eigenvalue weighted by Gasteiger charge is -2.11. The van der Waals surface area contributed by atoms with Crippen LogP contribution in [0.5, 0.6) is 0 Å². The van der Waals surface area contributed by atoms with Gasteiger partial charge in [0.2, 0.25) is 0 Å². The molecule has 2 unspecified atom stereocenters. The van der Waals surface area contributed by atoms with Crippen LogP contribution in [0.25, 0.3) is 0 Å². The van der Waals surface area contributed by atoms with E-state index in [1.807, 2.05) is 0 Å². The molecule has 0 radical (unpaired) electrons. The fourth-order valence-corrected chi connectivity index (χ4v) is 2.73. The highest BCUT2D eigenvalue weighted by Gasteiger charge is 2.33. The van der Waals surface area contributed by atoms with Crippen molar-refractivity contribution in [3.63, 3.8) is 0 Å². The quantitative estimate of drug-likeness (QED) is 0.690. The van der Waals surface area contributed by atoms with Crippen molar-refractivity contribution in [3.05, 3.63) is 34.9 Å². The summed E-state index contributed by atoms with van der Waals surface area (Å²) in [6, 6.07) is 3.88. The van der Waals surface area contributed by atoms with Gasteiger partial charge in [0.25, 0.3) is 5.91 Å². The van der Waals surface area contributed by atoms with E-state index < -0.39 is 18.1 Å². The number of nitrogens with one attached hydrogen (secondary N) is 2. The minimum absolute atomic E-state index is 0.115. The number of hydrogen-bond acceptors (Lipinski definition) is 4. The number of ketones is 1. The number of hydrogen-bond donors (Lipinski definition) is 3. The van der Waals surface area contributed by atoms with Gasteiger partial charge in [0.1, 0.15) is 6.04 Å². The Labute approximate surface area is 115 Å². The summed E-state index contributed by atoms with van der Waals surface area (Å²) >= 11 is 0. The molecule has 1 fully saturated rings. The maximum absolute atomic E-state index is 12.3. The van der Waals surface area contributed by atoms with Crippen LogP contribution in [0.4, 0.5) is 0 Å². The van der Waals surface area contributed by atoms with Crippen LogP contribution < -0.4 is 10.6 Å². The predicted octanol–water partition coefficient (Wildman–Crippen LogP) is 0.318. The van der Waals surface area contributed by atoms with Crippen molar-refractivity contribution in [1.29, 1.82) is 0 Å². The van der Waals surface area contributed by atoms with Crippen LogP contribution in [0, 0.1) is 0 Å². The number of carbonyl (C=O) groups excluding carboxylic acids is 2. The summed E-state index contributed by atoms with van der Waals surface area (Å²) in [7, 11) is 0. The van der Waals surface area contributed by atoms with E-state index in [2.05, 4.69) is 10.6 Å². The maximum atomic E-state index is 12.3. The Hall–Kier alpha value is -2.21. The Balaban J connectivity index is 1.79. The number of carboxylic acids is 1. The number of aliphatic carboxylic acids is 1. The van der Waals surface area contributed by atoms with E-state index in [0.717, 1.165) is 5.56 Å². The van der Waals surface area contributed by atoms with Crippen LogP contribution in [0.1, 0.15) is 39.1 Å². The van der Waals surface area contributed by atoms with E-state index in [0.29, 0.717) is 30.5 Å². The third-order valence-corrected chi connectivity index (χ3v) is 3.83. The number of benzene rings is 1. The predicted molar refractivity (Wildman–Crippen MR) is 69.5 cm³/mol. The first kappa shape index (κ1) is 12.8. The van der Waals surface area contributed by atoms with E-state index in [9.17, 15) is 14.4 Å². The third kappa shape index (κ3) is 2.08. The Morgan fingerprint density at radius 1 is 1.20 bits per heavy atom. The van der Waals surface area contributed by atoms with E-state index in [-0.39, 0.29) is 11.7 Å². The van der Waals surface area contributed by atoms with Crippen molar-refractivity contribution in [2.24, 2.45) is 0 Å². The number of carboxylic acid groups (broad SMARTS) is 1. The van der Waals surface area contributed by atoms with E-state index in [1.54, 1.807) is 18.2 Å². The molecule has 0 spiro atoms. The lowest BCUT2D eigenvalue weighted by atomic mass is 9.99. The molecule has 0 aliphatic carbocycles. The van der Waals surface area contributed by atoms with Gasteiger partial charge >= 0.3 is 5.97 Å². The Bertz CT molecular complexity index is 611. The second kappa shape index (κ2) is 4.72. The molecular weight excluding hydrogens is 260 g/mol. The van der Waals surface area contributed by atoms with Crippen molar-refractivity contribution in [1.82, 2.24) is 10.6 Å². The van der Waals surface area contributed by atoms with Gasteiger partial charge in [-0.1, -0.05) is 6.07 Å². The second-order valence-corrected chi connectivity index (χ2v) is 5.11. The number of fused-ring (bicyclic) bond motifs is 1. The summed E-state index contributed by atoms with van der Waals surface area (Å²) in [5, 5.41) is 14.5. The van der Waals surface area contributed by atoms with Crippen molar-refractivity contribution >= 4 is 17.7 Å². The molecule has 3 N–H and O–H groups in total. The SMILES string of the molecule is O=C1NCc2cc(C(=O)C3CCC(C(=O)O)N3)ccc21. The van der Waals surface area contributed by atoms with Crippen LogP contribution >= 0.6 is 0 Å². The van der Waals surface area contributed by atoms with Crippen LogP contribution in [0.2, 0.25) is 0 Å². The second-order valence-electron chi connectivity index (χ2n) is 5.11. The molecule has 1 saturated heterocycles. The Morgan fingerprint density at radius 3 is 2.65 bits per heavy atom. The van der Waals surface area contributed by atoms with Crippen LogP contribution in [-0.2, 0) is 11.3 Å². The summed E-state index contributed by atoms with van der Waals surface area (Å²) in [4.78, 5) is 34.7. The highest BCUT2D eigenvalue weighted by molar-refractivity contribution is 6.03. The first-order chi connectivity index (χ1) is 9.56. The minimum Gasteiger partial charge on any atom is -0.480 e. The summed E-state index contributed by atoms with van der Waals surface area (Å²) in [5.74, 6) is -1.16. The van der Waals surface area contributed by atoms with Crippen LogP contribution in [-0.4, -0.2) is 34.8 Å². The number of amides is 1. The molecule has 3 rings (SSSR count). The first-order valence-corrected chi connectivity index (χ1v) is 6.50. The number of rotatable bonds is 3. The van der Waals surface area contributed by atoms with E-state index in [4.69, 9.17) is 5.11 Å². The minimum atomic E-state index is -0.927. The lowest BCUT2D eigenvalue weighted by Crippen LogP contribution is -2.39. The molecule has 20 heavy (non-hydrogen) atoms.